The van der Waals surface area contributed by atoms with Gasteiger partial charge in [-0.15, -0.1) is 0 Å². The zero-order valence-electron chi connectivity index (χ0n) is 9.17. The predicted molar refractivity (Wildman–Crippen MR) is 62.7 cm³/mol. The smallest absolute Gasteiger partial charge is 0.120 e. The van der Waals surface area contributed by atoms with Crippen molar-refractivity contribution in [2.45, 2.75) is 32.1 Å². The maximum atomic E-state index is 5.33. The molecule has 0 bridgehead atoms. The van der Waals surface area contributed by atoms with Crippen LogP contribution in [0, 0.1) is 6.92 Å². The normalized spacial score (nSPS) is 13.1. The lowest BCUT2D eigenvalue weighted by molar-refractivity contribution is 0.478. The number of hydrogen-bond acceptors (Lipinski definition) is 3. The lowest BCUT2D eigenvalue weighted by Gasteiger charge is -2.08. The molecule has 1 atom stereocenters. The molecule has 80 valence electrons. The van der Waals surface area contributed by atoms with Gasteiger partial charge in [0.25, 0.3) is 0 Å². The van der Waals surface area contributed by atoms with Crippen LogP contribution in [0.4, 0.5) is 0 Å². The fourth-order valence-corrected chi connectivity index (χ4v) is 1.56. The standard InChI is InChI=1S/C11H19NOS/c1-9-5-7-13-11(9)8-12-6-4-10(2)14-3/h5,7,10,12H,4,6,8H2,1-3H3. The number of furan rings is 1. The van der Waals surface area contributed by atoms with Crippen molar-refractivity contribution in [3.05, 3.63) is 23.7 Å². The summed E-state index contributed by atoms with van der Waals surface area (Å²) >= 11 is 1.91. The molecule has 14 heavy (non-hydrogen) atoms. The fourth-order valence-electron chi connectivity index (χ4n) is 1.21. The molecule has 0 aliphatic heterocycles. The van der Waals surface area contributed by atoms with Gasteiger partial charge in [0.15, 0.2) is 0 Å². The fraction of sp³-hybridized carbons (Fsp3) is 0.636. The topological polar surface area (TPSA) is 25.2 Å². The second-order valence-electron chi connectivity index (χ2n) is 3.54. The van der Waals surface area contributed by atoms with Crippen LogP contribution in [0.5, 0.6) is 0 Å². The number of aryl methyl sites for hydroxylation is 1. The zero-order chi connectivity index (χ0) is 10.4. The number of hydrogen-bond donors (Lipinski definition) is 1. The minimum Gasteiger partial charge on any atom is -0.468 e. The lowest BCUT2D eigenvalue weighted by atomic mass is 10.3. The molecule has 0 aliphatic carbocycles. The highest BCUT2D eigenvalue weighted by atomic mass is 32.2. The Balaban J connectivity index is 2.13. The highest BCUT2D eigenvalue weighted by molar-refractivity contribution is 7.99. The Hall–Kier alpha value is -0.410. The first-order valence-electron chi connectivity index (χ1n) is 5.00. The van der Waals surface area contributed by atoms with Crippen LogP contribution in [0.15, 0.2) is 16.7 Å². The van der Waals surface area contributed by atoms with Crippen LogP contribution in [0.2, 0.25) is 0 Å². The van der Waals surface area contributed by atoms with Gasteiger partial charge in [-0.2, -0.15) is 11.8 Å². The summed E-state index contributed by atoms with van der Waals surface area (Å²) in [6.07, 6.45) is 5.11. The molecule has 1 N–H and O–H groups in total. The van der Waals surface area contributed by atoms with E-state index < -0.39 is 0 Å². The van der Waals surface area contributed by atoms with Crippen molar-refractivity contribution in [3.63, 3.8) is 0 Å². The van der Waals surface area contributed by atoms with E-state index in [1.807, 2.05) is 17.8 Å². The molecule has 0 saturated heterocycles. The summed E-state index contributed by atoms with van der Waals surface area (Å²) in [5.74, 6) is 1.06. The second kappa shape index (κ2) is 6.14. The molecule has 0 radical (unpaired) electrons. The molecule has 0 aromatic carbocycles. The molecule has 0 saturated carbocycles. The Bertz CT molecular complexity index is 260. The first-order valence-corrected chi connectivity index (χ1v) is 6.29. The predicted octanol–water partition coefficient (Wildman–Crippen LogP) is 2.82. The van der Waals surface area contributed by atoms with E-state index >= 15 is 0 Å². The van der Waals surface area contributed by atoms with Crippen molar-refractivity contribution in [1.29, 1.82) is 0 Å². The van der Waals surface area contributed by atoms with Crippen LogP contribution in [0.25, 0.3) is 0 Å². The van der Waals surface area contributed by atoms with Gasteiger partial charge < -0.3 is 9.73 Å². The minimum absolute atomic E-state index is 0.736. The van der Waals surface area contributed by atoms with Crippen LogP contribution >= 0.6 is 11.8 Å². The van der Waals surface area contributed by atoms with Crippen molar-refractivity contribution in [2.75, 3.05) is 12.8 Å². The Morgan fingerprint density at radius 1 is 1.57 bits per heavy atom. The van der Waals surface area contributed by atoms with Gasteiger partial charge >= 0.3 is 0 Å². The van der Waals surface area contributed by atoms with Gasteiger partial charge in [-0.25, -0.2) is 0 Å². The molecular weight excluding hydrogens is 194 g/mol. The monoisotopic (exact) mass is 213 g/mol. The van der Waals surface area contributed by atoms with Gasteiger partial charge in [0, 0.05) is 5.25 Å². The molecule has 2 nitrogen and oxygen atoms in total. The van der Waals surface area contributed by atoms with E-state index in [0.29, 0.717) is 0 Å². The Morgan fingerprint density at radius 2 is 2.36 bits per heavy atom. The molecule has 1 rings (SSSR count). The molecule has 0 fully saturated rings. The molecule has 0 aliphatic rings. The summed E-state index contributed by atoms with van der Waals surface area (Å²) in [7, 11) is 0. The molecular formula is C11H19NOS. The maximum Gasteiger partial charge on any atom is 0.120 e. The SMILES string of the molecule is CSC(C)CCNCc1occc1C. The molecule has 0 spiro atoms. The van der Waals surface area contributed by atoms with Gasteiger partial charge in [-0.05, 0) is 37.8 Å². The van der Waals surface area contributed by atoms with Crippen molar-refractivity contribution >= 4 is 11.8 Å². The van der Waals surface area contributed by atoms with E-state index in [1.54, 1.807) is 6.26 Å². The van der Waals surface area contributed by atoms with Crippen LogP contribution in [0.1, 0.15) is 24.7 Å². The quantitative estimate of drug-likeness (QED) is 0.736. The maximum absolute atomic E-state index is 5.33. The highest BCUT2D eigenvalue weighted by Gasteiger charge is 2.02. The third kappa shape index (κ3) is 3.76. The molecule has 1 heterocycles. The zero-order valence-corrected chi connectivity index (χ0v) is 9.99. The van der Waals surface area contributed by atoms with E-state index in [1.165, 1.54) is 12.0 Å². The summed E-state index contributed by atoms with van der Waals surface area (Å²) in [6, 6.07) is 2.00. The Morgan fingerprint density at radius 3 is 2.93 bits per heavy atom. The number of rotatable bonds is 6. The third-order valence-electron chi connectivity index (χ3n) is 2.38. The van der Waals surface area contributed by atoms with Gasteiger partial charge in [-0.1, -0.05) is 6.92 Å². The molecule has 1 aromatic heterocycles. The summed E-state index contributed by atoms with van der Waals surface area (Å²) < 4.78 is 5.33. The van der Waals surface area contributed by atoms with Crippen LogP contribution < -0.4 is 5.32 Å². The van der Waals surface area contributed by atoms with Crippen LogP contribution in [-0.2, 0) is 6.54 Å². The lowest BCUT2D eigenvalue weighted by Crippen LogP contribution is -2.17. The van der Waals surface area contributed by atoms with Gasteiger partial charge in [0.2, 0.25) is 0 Å². The first kappa shape index (κ1) is 11.7. The third-order valence-corrected chi connectivity index (χ3v) is 3.42. The molecule has 1 unspecified atom stereocenters. The van der Waals surface area contributed by atoms with Gasteiger partial charge in [0.1, 0.15) is 5.76 Å². The largest absolute Gasteiger partial charge is 0.468 e. The Kier molecular flexibility index (Phi) is 5.12. The van der Waals surface area contributed by atoms with Crippen LogP contribution in [0.3, 0.4) is 0 Å². The van der Waals surface area contributed by atoms with Crippen molar-refractivity contribution in [2.24, 2.45) is 0 Å². The summed E-state index contributed by atoms with van der Waals surface area (Å²) in [4.78, 5) is 0. The summed E-state index contributed by atoms with van der Waals surface area (Å²) in [6.45, 7) is 6.23. The number of nitrogens with one attached hydrogen (secondary N) is 1. The summed E-state index contributed by atoms with van der Waals surface area (Å²) in [5, 5.41) is 4.12. The van der Waals surface area contributed by atoms with E-state index in [9.17, 15) is 0 Å². The van der Waals surface area contributed by atoms with E-state index in [0.717, 1.165) is 24.1 Å². The van der Waals surface area contributed by atoms with Crippen molar-refractivity contribution in [3.8, 4) is 0 Å². The van der Waals surface area contributed by atoms with Gasteiger partial charge in [-0.3, -0.25) is 0 Å². The average molecular weight is 213 g/mol. The summed E-state index contributed by atoms with van der Waals surface area (Å²) in [5.41, 5.74) is 1.23. The van der Waals surface area contributed by atoms with Crippen LogP contribution in [-0.4, -0.2) is 18.1 Å². The Labute approximate surface area is 90.5 Å². The average Bonchev–Trinajstić information content (AvgIpc) is 2.58. The minimum atomic E-state index is 0.736. The second-order valence-corrected chi connectivity index (χ2v) is 4.81. The first-order chi connectivity index (χ1) is 6.74. The van der Waals surface area contributed by atoms with Crippen molar-refractivity contribution < 1.29 is 4.42 Å². The molecule has 1 aromatic rings. The molecule has 0 amide bonds. The van der Waals surface area contributed by atoms with E-state index in [-0.39, 0.29) is 0 Å². The van der Waals surface area contributed by atoms with E-state index in [4.69, 9.17) is 4.42 Å². The van der Waals surface area contributed by atoms with E-state index in [2.05, 4.69) is 25.4 Å². The van der Waals surface area contributed by atoms with Crippen molar-refractivity contribution in [1.82, 2.24) is 5.32 Å². The highest BCUT2D eigenvalue weighted by Crippen LogP contribution is 2.10. The molecule has 3 heteroatoms. The number of thioether (sulfide) groups is 1. The van der Waals surface area contributed by atoms with Gasteiger partial charge in [0.05, 0.1) is 12.8 Å².